The van der Waals surface area contributed by atoms with E-state index in [4.69, 9.17) is 5.73 Å². The predicted octanol–water partition coefficient (Wildman–Crippen LogP) is 4.75. The Morgan fingerprint density at radius 1 is 1.09 bits per heavy atom. The maximum atomic E-state index is 13.9. The zero-order chi connectivity index (χ0) is 24.1. The summed E-state index contributed by atoms with van der Waals surface area (Å²) in [5.74, 6) is -1.01. The molecule has 34 heavy (non-hydrogen) atoms. The minimum atomic E-state index is -0.952. The molecule has 178 valence electrons. The van der Waals surface area contributed by atoms with Crippen LogP contribution >= 0.6 is 0 Å². The fourth-order valence-electron chi connectivity index (χ4n) is 5.99. The van der Waals surface area contributed by atoms with E-state index in [1.165, 1.54) is 10.1 Å². The van der Waals surface area contributed by atoms with Gasteiger partial charge in [0.05, 0.1) is 17.6 Å². The van der Waals surface area contributed by atoms with E-state index in [0.29, 0.717) is 23.3 Å². The van der Waals surface area contributed by atoms with Crippen LogP contribution in [0.25, 0.3) is 21.9 Å². The lowest BCUT2D eigenvalue weighted by Gasteiger charge is -2.28. The molecular formula is C27H32N4O3. The van der Waals surface area contributed by atoms with Crippen LogP contribution in [0.5, 0.6) is 0 Å². The number of fused-ring (bicyclic) bond motifs is 2. The van der Waals surface area contributed by atoms with Crippen LogP contribution in [0.3, 0.4) is 0 Å². The molecule has 7 nitrogen and oxygen atoms in total. The van der Waals surface area contributed by atoms with Crippen molar-refractivity contribution in [1.29, 1.82) is 0 Å². The first-order valence-corrected chi connectivity index (χ1v) is 12.0. The van der Waals surface area contributed by atoms with Crippen LogP contribution in [-0.2, 0) is 18.4 Å². The first kappa shape index (κ1) is 22.3. The van der Waals surface area contributed by atoms with Gasteiger partial charge >= 0.3 is 11.7 Å². The number of aliphatic carboxylic acids is 1. The summed E-state index contributed by atoms with van der Waals surface area (Å²) in [5.41, 5.74) is 12.1. The lowest BCUT2D eigenvalue weighted by atomic mass is 9.83. The third-order valence-electron chi connectivity index (χ3n) is 7.45. The largest absolute Gasteiger partial charge is 0.480 e. The van der Waals surface area contributed by atoms with E-state index >= 15 is 0 Å². The monoisotopic (exact) mass is 460 g/mol. The van der Waals surface area contributed by atoms with Crippen LogP contribution in [0.15, 0.2) is 41.3 Å². The topological polar surface area (TPSA) is 95.2 Å². The second-order valence-corrected chi connectivity index (χ2v) is 9.91. The fraction of sp³-hybridized carbons (Fsp3) is 0.407. The number of nitrogens with two attached hydrogens (primary N) is 1. The number of hydrogen-bond acceptors (Lipinski definition) is 3. The minimum absolute atomic E-state index is 0.0628. The molecule has 3 N–H and O–H groups in total. The highest BCUT2D eigenvalue weighted by molar-refractivity contribution is 5.88. The van der Waals surface area contributed by atoms with Crippen molar-refractivity contribution in [2.24, 2.45) is 13.0 Å². The van der Waals surface area contributed by atoms with Crippen molar-refractivity contribution in [2.45, 2.75) is 58.5 Å². The third kappa shape index (κ3) is 3.59. The Balaban J connectivity index is 1.71. The van der Waals surface area contributed by atoms with Gasteiger partial charge in [-0.3, -0.25) is 9.13 Å². The van der Waals surface area contributed by atoms with Gasteiger partial charge in [-0.1, -0.05) is 25.3 Å². The molecule has 2 aromatic carbocycles. The van der Waals surface area contributed by atoms with Crippen LogP contribution < -0.4 is 11.4 Å². The maximum absolute atomic E-state index is 13.9. The van der Waals surface area contributed by atoms with Gasteiger partial charge in [0, 0.05) is 29.8 Å². The summed E-state index contributed by atoms with van der Waals surface area (Å²) in [4.78, 5) is 26.4. The van der Waals surface area contributed by atoms with Gasteiger partial charge in [0.1, 0.15) is 6.04 Å². The molecule has 2 aromatic heterocycles. The summed E-state index contributed by atoms with van der Waals surface area (Å²) in [7, 11) is 2.01. The second-order valence-electron chi connectivity index (χ2n) is 9.91. The van der Waals surface area contributed by atoms with Crippen LogP contribution in [0.2, 0.25) is 0 Å². The summed E-state index contributed by atoms with van der Waals surface area (Å²) in [5, 5.41) is 11.4. The van der Waals surface area contributed by atoms with Crippen LogP contribution in [-0.4, -0.2) is 24.8 Å². The van der Waals surface area contributed by atoms with Gasteiger partial charge in [-0.2, -0.15) is 0 Å². The number of aryl methyl sites for hydroxylation is 3. The van der Waals surface area contributed by atoms with E-state index in [1.807, 2.05) is 13.1 Å². The summed E-state index contributed by atoms with van der Waals surface area (Å²) >= 11 is 0. The average molecular weight is 461 g/mol. The molecule has 1 aliphatic carbocycles. The SMILES string of the molecule is Cc1cc(C)c2c(Cn3c(=O)n([C@H](C(=O)O)C4CCCCC4)c4cc(N)ccc43)cn(C)c2c1. The van der Waals surface area contributed by atoms with Crippen molar-refractivity contribution >= 4 is 33.6 Å². The average Bonchev–Trinajstić information content (AvgIpc) is 3.23. The molecule has 1 atom stereocenters. The summed E-state index contributed by atoms with van der Waals surface area (Å²) in [6, 6.07) is 8.77. The molecule has 0 spiro atoms. The summed E-state index contributed by atoms with van der Waals surface area (Å²) in [6.45, 7) is 4.54. The van der Waals surface area contributed by atoms with Gasteiger partial charge < -0.3 is 15.4 Å². The molecular weight excluding hydrogens is 428 g/mol. The molecule has 0 unspecified atom stereocenters. The molecule has 0 bridgehead atoms. The molecule has 1 saturated carbocycles. The van der Waals surface area contributed by atoms with E-state index < -0.39 is 12.0 Å². The Kier molecular flexibility index (Phi) is 5.50. The number of nitrogen functional groups attached to an aromatic ring is 1. The quantitative estimate of drug-likeness (QED) is 0.420. The van der Waals surface area contributed by atoms with Gasteiger partial charge in [0.2, 0.25) is 0 Å². The molecule has 1 aliphatic rings. The zero-order valence-electron chi connectivity index (χ0n) is 20.0. The molecule has 0 saturated heterocycles. The van der Waals surface area contributed by atoms with E-state index in [-0.39, 0.29) is 11.6 Å². The number of aromatic nitrogens is 3. The number of benzene rings is 2. The normalized spacial score (nSPS) is 15.9. The number of nitrogens with zero attached hydrogens (tertiary/aromatic N) is 3. The van der Waals surface area contributed by atoms with Crippen molar-refractivity contribution in [3.8, 4) is 0 Å². The number of carbonyl (C=O) groups is 1. The maximum Gasteiger partial charge on any atom is 0.330 e. The Bertz CT molecular complexity index is 1470. The highest BCUT2D eigenvalue weighted by Crippen LogP contribution is 2.35. The number of anilines is 1. The van der Waals surface area contributed by atoms with Gasteiger partial charge in [0.25, 0.3) is 0 Å². The van der Waals surface area contributed by atoms with Crippen LogP contribution in [0.1, 0.15) is 54.8 Å². The van der Waals surface area contributed by atoms with Crippen LogP contribution in [0, 0.1) is 19.8 Å². The number of carboxylic acids is 1. The van der Waals surface area contributed by atoms with Gasteiger partial charge in [-0.25, -0.2) is 9.59 Å². The van der Waals surface area contributed by atoms with Gasteiger partial charge in [-0.05, 0) is 73.6 Å². The van der Waals surface area contributed by atoms with Gasteiger partial charge in [0.15, 0.2) is 0 Å². The van der Waals surface area contributed by atoms with Crippen molar-refractivity contribution < 1.29 is 9.90 Å². The van der Waals surface area contributed by atoms with E-state index in [2.05, 4.69) is 36.7 Å². The molecule has 0 amide bonds. The molecule has 5 rings (SSSR count). The molecule has 1 fully saturated rings. The Morgan fingerprint density at radius 3 is 2.53 bits per heavy atom. The highest BCUT2D eigenvalue weighted by atomic mass is 16.4. The Hall–Kier alpha value is -3.48. The number of rotatable bonds is 5. The molecule has 2 heterocycles. The first-order valence-electron chi connectivity index (χ1n) is 12.0. The van der Waals surface area contributed by atoms with Gasteiger partial charge in [-0.15, -0.1) is 0 Å². The Labute approximate surface area is 198 Å². The first-order chi connectivity index (χ1) is 16.3. The van der Waals surface area contributed by atoms with Crippen molar-refractivity contribution in [3.63, 3.8) is 0 Å². The van der Waals surface area contributed by atoms with E-state index in [9.17, 15) is 14.7 Å². The highest BCUT2D eigenvalue weighted by Gasteiger charge is 2.34. The van der Waals surface area contributed by atoms with Crippen LogP contribution in [0.4, 0.5) is 5.69 Å². The smallest absolute Gasteiger partial charge is 0.330 e. The van der Waals surface area contributed by atoms with Crippen molar-refractivity contribution in [2.75, 3.05) is 5.73 Å². The number of hydrogen-bond donors (Lipinski definition) is 2. The number of carboxylic acid groups (broad SMARTS) is 1. The van der Waals surface area contributed by atoms with Crippen molar-refractivity contribution in [3.05, 3.63) is 63.7 Å². The Morgan fingerprint density at radius 2 is 1.82 bits per heavy atom. The molecule has 0 aliphatic heterocycles. The predicted molar refractivity (Wildman–Crippen MR) is 135 cm³/mol. The lowest BCUT2D eigenvalue weighted by molar-refractivity contribution is -0.143. The summed E-state index contributed by atoms with van der Waals surface area (Å²) < 4.78 is 5.29. The molecule has 7 heteroatoms. The fourth-order valence-corrected chi connectivity index (χ4v) is 5.99. The molecule has 0 radical (unpaired) electrons. The third-order valence-corrected chi connectivity index (χ3v) is 7.45. The minimum Gasteiger partial charge on any atom is -0.480 e. The summed E-state index contributed by atoms with van der Waals surface area (Å²) in [6.07, 6.45) is 6.82. The van der Waals surface area contributed by atoms with E-state index in [1.54, 1.807) is 16.7 Å². The number of imidazole rings is 1. The molecule has 4 aromatic rings. The lowest BCUT2D eigenvalue weighted by Crippen LogP contribution is -2.36. The standard InChI is InChI=1S/C27H32N4O3/c1-16-11-17(2)24-19(14-29(3)23(24)12-16)15-30-21-10-9-20(28)13-22(21)31(27(30)34)25(26(32)33)18-7-5-4-6-8-18/h9-14,18,25H,4-8,15,28H2,1-3H3,(H,32,33)/t25-/m0/s1. The van der Waals surface area contributed by atoms with E-state index in [0.717, 1.165) is 54.1 Å². The second kappa shape index (κ2) is 8.38. The zero-order valence-corrected chi connectivity index (χ0v) is 20.0. The van der Waals surface area contributed by atoms with Crippen molar-refractivity contribution in [1.82, 2.24) is 13.7 Å².